The molecular formula is C9H13FN2. The Morgan fingerprint density at radius 3 is 2.92 bits per heavy atom. The molecule has 0 aromatic carbocycles. The van der Waals surface area contributed by atoms with Crippen molar-refractivity contribution in [2.75, 3.05) is 5.73 Å². The van der Waals surface area contributed by atoms with Crippen LogP contribution in [0.25, 0.3) is 0 Å². The van der Waals surface area contributed by atoms with E-state index in [1.54, 1.807) is 0 Å². The Morgan fingerprint density at radius 2 is 2.33 bits per heavy atom. The molecule has 0 spiro atoms. The summed E-state index contributed by atoms with van der Waals surface area (Å²) in [6.07, 6.45) is 4.19. The standard InChI is InChI=1S/C9H13FN2/c1-2-3-4-9-8(11)5-7(10)6-12-9/h5-6H,2-4,11H2,1H3. The van der Waals surface area contributed by atoms with Crippen LogP contribution >= 0.6 is 0 Å². The van der Waals surface area contributed by atoms with E-state index in [9.17, 15) is 4.39 Å². The maximum absolute atomic E-state index is 12.5. The third-order valence-corrected chi connectivity index (χ3v) is 1.74. The molecule has 0 amide bonds. The van der Waals surface area contributed by atoms with Gasteiger partial charge in [-0.05, 0) is 12.8 Å². The molecule has 0 unspecified atom stereocenters. The number of aryl methyl sites for hydroxylation is 1. The third-order valence-electron chi connectivity index (χ3n) is 1.74. The highest BCUT2D eigenvalue weighted by Gasteiger charge is 2.00. The second-order valence-corrected chi connectivity index (χ2v) is 2.79. The van der Waals surface area contributed by atoms with Crippen molar-refractivity contribution in [2.24, 2.45) is 0 Å². The molecule has 0 bridgehead atoms. The fourth-order valence-electron chi connectivity index (χ4n) is 1.04. The molecule has 12 heavy (non-hydrogen) atoms. The Labute approximate surface area is 71.6 Å². The van der Waals surface area contributed by atoms with Crippen LogP contribution in [0, 0.1) is 5.82 Å². The third kappa shape index (κ3) is 2.19. The van der Waals surface area contributed by atoms with Crippen LogP contribution in [0.3, 0.4) is 0 Å². The lowest BCUT2D eigenvalue weighted by Gasteiger charge is -2.02. The van der Waals surface area contributed by atoms with E-state index in [0.29, 0.717) is 5.69 Å². The van der Waals surface area contributed by atoms with Gasteiger partial charge in [0, 0.05) is 6.07 Å². The molecule has 2 N–H and O–H groups in total. The molecule has 1 aromatic heterocycles. The topological polar surface area (TPSA) is 38.9 Å². The first kappa shape index (κ1) is 8.97. The minimum absolute atomic E-state index is 0.368. The van der Waals surface area contributed by atoms with Crippen molar-refractivity contribution in [1.29, 1.82) is 0 Å². The van der Waals surface area contributed by atoms with Crippen molar-refractivity contribution in [2.45, 2.75) is 26.2 Å². The van der Waals surface area contributed by atoms with E-state index in [4.69, 9.17) is 5.73 Å². The van der Waals surface area contributed by atoms with Crippen molar-refractivity contribution >= 4 is 5.69 Å². The predicted octanol–water partition coefficient (Wildman–Crippen LogP) is 2.15. The second-order valence-electron chi connectivity index (χ2n) is 2.79. The molecule has 0 aliphatic carbocycles. The number of aromatic nitrogens is 1. The molecule has 0 fully saturated rings. The Balaban J connectivity index is 2.72. The van der Waals surface area contributed by atoms with Crippen molar-refractivity contribution in [3.05, 3.63) is 23.8 Å². The van der Waals surface area contributed by atoms with E-state index >= 15 is 0 Å². The van der Waals surface area contributed by atoms with Crippen LogP contribution in [0.1, 0.15) is 25.5 Å². The maximum atomic E-state index is 12.5. The lowest BCUT2D eigenvalue weighted by atomic mass is 10.1. The van der Waals surface area contributed by atoms with Crippen LogP contribution in [-0.4, -0.2) is 4.98 Å². The van der Waals surface area contributed by atoms with Crippen LogP contribution in [-0.2, 0) is 6.42 Å². The van der Waals surface area contributed by atoms with Crippen LogP contribution in [0.4, 0.5) is 10.1 Å². The van der Waals surface area contributed by atoms with E-state index in [1.165, 1.54) is 12.3 Å². The van der Waals surface area contributed by atoms with Gasteiger partial charge in [-0.1, -0.05) is 13.3 Å². The predicted molar refractivity (Wildman–Crippen MR) is 47.2 cm³/mol. The highest BCUT2D eigenvalue weighted by molar-refractivity contribution is 5.42. The molecule has 0 radical (unpaired) electrons. The van der Waals surface area contributed by atoms with Gasteiger partial charge in [-0.2, -0.15) is 0 Å². The zero-order valence-electron chi connectivity index (χ0n) is 7.18. The van der Waals surface area contributed by atoms with Crippen LogP contribution in [0.15, 0.2) is 12.3 Å². The van der Waals surface area contributed by atoms with Crippen LogP contribution in [0.5, 0.6) is 0 Å². The van der Waals surface area contributed by atoms with Crippen LogP contribution in [0.2, 0.25) is 0 Å². The Hall–Kier alpha value is -1.12. The quantitative estimate of drug-likeness (QED) is 0.751. The number of rotatable bonds is 3. The molecule has 0 saturated heterocycles. The lowest BCUT2D eigenvalue weighted by molar-refractivity contribution is 0.619. The zero-order chi connectivity index (χ0) is 8.97. The summed E-state index contributed by atoms with van der Waals surface area (Å²) >= 11 is 0. The number of anilines is 1. The summed E-state index contributed by atoms with van der Waals surface area (Å²) in [5, 5.41) is 0. The minimum Gasteiger partial charge on any atom is -0.397 e. The molecule has 3 heteroatoms. The molecule has 1 heterocycles. The van der Waals surface area contributed by atoms with Gasteiger partial charge in [0.15, 0.2) is 0 Å². The molecule has 0 aliphatic rings. The summed E-state index contributed by atoms with van der Waals surface area (Å²) in [5.41, 5.74) is 6.83. The Bertz CT molecular complexity index is 261. The molecule has 0 aliphatic heterocycles. The minimum atomic E-state index is -0.368. The number of hydrogen-bond donors (Lipinski definition) is 1. The first-order valence-electron chi connectivity index (χ1n) is 4.14. The number of hydrogen-bond acceptors (Lipinski definition) is 2. The summed E-state index contributed by atoms with van der Waals surface area (Å²) in [6.45, 7) is 2.10. The smallest absolute Gasteiger partial charge is 0.143 e. The van der Waals surface area contributed by atoms with Gasteiger partial charge in [-0.3, -0.25) is 4.98 Å². The van der Waals surface area contributed by atoms with E-state index in [2.05, 4.69) is 11.9 Å². The normalized spacial score (nSPS) is 10.2. The van der Waals surface area contributed by atoms with Crippen molar-refractivity contribution in [3.8, 4) is 0 Å². The van der Waals surface area contributed by atoms with Crippen molar-refractivity contribution in [3.63, 3.8) is 0 Å². The summed E-state index contributed by atoms with van der Waals surface area (Å²) in [6, 6.07) is 1.32. The number of pyridine rings is 1. The lowest BCUT2D eigenvalue weighted by Crippen LogP contribution is -1.98. The largest absolute Gasteiger partial charge is 0.397 e. The summed E-state index contributed by atoms with van der Waals surface area (Å²) < 4.78 is 12.5. The van der Waals surface area contributed by atoms with E-state index in [-0.39, 0.29) is 5.82 Å². The summed E-state index contributed by atoms with van der Waals surface area (Å²) in [7, 11) is 0. The molecule has 2 nitrogen and oxygen atoms in total. The molecular weight excluding hydrogens is 155 g/mol. The van der Waals surface area contributed by atoms with E-state index < -0.39 is 0 Å². The van der Waals surface area contributed by atoms with E-state index in [1.807, 2.05) is 0 Å². The summed E-state index contributed by atoms with van der Waals surface area (Å²) in [4.78, 5) is 3.92. The number of halogens is 1. The fraction of sp³-hybridized carbons (Fsp3) is 0.444. The maximum Gasteiger partial charge on any atom is 0.143 e. The van der Waals surface area contributed by atoms with Crippen molar-refractivity contribution < 1.29 is 4.39 Å². The SMILES string of the molecule is CCCCc1ncc(F)cc1N. The van der Waals surface area contributed by atoms with Gasteiger partial charge < -0.3 is 5.73 Å². The zero-order valence-corrected chi connectivity index (χ0v) is 7.18. The van der Waals surface area contributed by atoms with Gasteiger partial charge in [0.1, 0.15) is 5.82 Å². The number of nitrogens with two attached hydrogens (primary N) is 1. The van der Waals surface area contributed by atoms with Gasteiger partial charge in [0.25, 0.3) is 0 Å². The molecule has 0 atom stereocenters. The van der Waals surface area contributed by atoms with E-state index in [0.717, 1.165) is 25.0 Å². The number of nitrogens with zero attached hydrogens (tertiary/aromatic N) is 1. The van der Waals surface area contributed by atoms with Gasteiger partial charge >= 0.3 is 0 Å². The molecule has 1 rings (SSSR count). The van der Waals surface area contributed by atoms with Gasteiger partial charge in [0.05, 0.1) is 17.6 Å². The first-order valence-corrected chi connectivity index (χ1v) is 4.14. The highest BCUT2D eigenvalue weighted by atomic mass is 19.1. The second kappa shape index (κ2) is 4.04. The Morgan fingerprint density at radius 1 is 1.58 bits per heavy atom. The average molecular weight is 168 g/mol. The average Bonchev–Trinajstić information content (AvgIpc) is 2.03. The van der Waals surface area contributed by atoms with Gasteiger partial charge in [-0.15, -0.1) is 0 Å². The van der Waals surface area contributed by atoms with Gasteiger partial charge in [0.2, 0.25) is 0 Å². The molecule has 0 saturated carbocycles. The van der Waals surface area contributed by atoms with Crippen LogP contribution < -0.4 is 5.73 Å². The molecule has 1 aromatic rings. The fourth-order valence-corrected chi connectivity index (χ4v) is 1.04. The number of nitrogen functional groups attached to an aromatic ring is 1. The number of unbranched alkanes of at least 4 members (excludes halogenated alkanes) is 1. The first-order chi connectivity index (χ1) is 5.74. The van der Waals surface area contributed by atoms with Gasteiger partial charge in [-0.25, -0.2) is 4.39 Å². The molecule has 66 valence electrons. The van der Waals surface area contributed by atoms with Crippen molar-refractivity contribution in [1.82, 2.24) is 4.98 Å². The monoisotopic (exact) mass is 168 g/mol. The highest BCUT2D eigenvalue weighted by Crippen LogP contribution is 2.12. The Kier molecular flexibility index (Phi) is 3.02. The summed E-state index contributed by atoms with van der Waals surface area (Å²) in [5.74, 6) is -0.368.